The fourth-order valence-corrected chi connectivity index (χ4v) is 5.92. The Morgan fingerprint density at radius 1 is 1.14 bits per heavy atom. The standard InChI is InChI=1S/C19H19BrN4O3S2/c1-23-7-9-24(10-8-23)29(26,27)15-5-6-16-17(12-15)28-19(21-16)22-18(25)13-3-2-4-14(20)11-13/h2-6,11-12H,7-10H2,1H3,(H,21,22,25). The fraction of sp³-hybridized carbons (Fsp3) is 0.263. The van der Waals surface area contributed by atoms with Crippen LogP contribution in [0.3, 0.4) is 0 Å². The van der Waals surface area contributed by atoms with Gasteiger partial charge < -0.3 is 4.90 Å². The van der Waals surface area contributed by atoms with Gasteiger partial charge in [-0.05, 0) is 43.4 Å². The van der Waals surface area contributed by atoms with Gasteiger partial charge in [-0.25, -0.2) is 13.4 Å². The van der Waals surface area contributed by atoms with Crippen molar-refractivity contribution in [1.82, 2.24) is 14.2 Å². The predicted octanol–water partition coefficient (Wildman–Crippen LogP) is 3.25. The summed E-state index contributed by atoms with van der Waals surface area (Å²) in [7, 11) is -1.56. The first-order chi connectivity index (χ1) is 13.8. The second-order valence-electron chi connectivity index (χ2n) is 6.82. The van der Waals surface area contributed by atoms with Gasteiger partial charge in [-0.3, -0.25) is 10.1 Å². The van der Waals surface area contributed by atoms with E-state index < -0.39 is 10.0 Å². The monoisotopic (exact) mass is 494 g/mol. The number of aromatic nitrogens is 1. The summed E-state index contributed by atoms with van der Waals surface area (Å²) in [4.78, 5) is 19.2. The minimum Gasteiger partial charge on any atom is -0.304 e. The van der Waals surface area contributed by atoms with Crippen molar-refractivity contribution >= 4 is 58.5 Å². The molecule has 152 valence electrons. The first-order valence-electron chi connectivity index (χ1n) is 8.99. The number of thiazole rings is 1. The SMILES string of the molecule is CN1CCN(S(=O)(=O)c2ccc3nc(NC(=O)c4cccc(Br)c4)sc3c2)CC1. The quantitative estimate of drug-likeness (QED) is 0.601. The van der Waals surface area contributed by atoms with Crippen LogP contribution in [0.4, 0.5) is 5.13 Å². The van der Waals surface area contributed by atoms with E-state index in [-0.39, 0.29) is 10.8 Å². The lowest BCUT2D eigenvalue weighted by Crippen LogP contribution is -2.46. The molecule has 1 aromatic heterocycles. The zero-order chi connectivity index (χ0) is 20.6. The summed E-state index contributed by atoms with van der Waals surface area (Å²) in [6.45, 7) is 2.39. The summed E-state index contributed by atoms with van der Waals surface area (Å²) < 4.78 is 29.0. The van der Waals surface area contributed by atoms with Gasteiger partial charge >= 0.3 is 0 Å². The number of nitrogens with zero attached hydrogens (tertiary/aromatic N) is 3. The molecule has 2 aromatic carbocycles. The minimum absolute atomic E-state index is 0.253. The Labute approximate surface area is 181 Å². The topological polar surface area (TPSA) is 82.6 Å². The molecule has 1 saturated heterocycles. The lowest BCUT2D eigenvalue weighted by Gasteiger charge is -2.31. The van der Waals surface area contributed by atoms with Gasteiger partial charge in [0.2, 0.25) is 10.0 Å². The first-order valence-corrected chi connectivity index (χ1v) is 12.0. The number of halogens is 1. The van der Waals surface area contributed by atoms with E-state index in [9.17, 15) is 13.2 Å². The van der Waals surface area contributed by atoms with E-state index in [1.54, 1.807) is 36.4 Å². The van der Waals surface area contributed by atoms with Crippen LogP contribution in [-0.2, 0) is 10.0 Å². The molecule has 0 saturated carbocycles. The Hall–Kier alpha value is -1.85. The minimum atomic E-state index is -3.55. The molecule has 0 unspecified atom stereocenters. The van der Waals surface area contributed by atoms with Crippen molar-refractivity contribution in [3.05, 3.63) is 52.5 Å². The van der Waals surface area contributed by atoms with E-state index in [4.69, 9.17) is 0 Å². The molecule has 29 heavy (non-hydrogen) atoms. The van der Waals surface area contributed by atoms with Crippen LogP contribution in [-0.4, -0.2) is 61.7 Å². The number of likely N-dealkylation sites (N-methyl/N-ethyl adjacent to an activating group) is 1. The molecular weight excluding hydrogens is 476 g/mol. The maximum atomic E-state index is 13.0. The molecule has 4 rings (SSSR count). The third kappa shape index (κ3) is 4.36. The second kappa shape index (κ2) is 8.11. The van der Waals surface area contributed by atoms with Gasteiger partial charge in [0.1, 0.15) is 0 Å². The van der Waals surface area contributed by atoms with Crippen LogP contribution in [0.1, 0.15) is 10.4 Å². The van der Waals surface area contributed by atoms with Gasteiger partial charge in [0, 0.05) is 36.2 Å². The largest absolute Gasteiger partial charge is 0.304 e. The number of nitrogens with one attached hydrogen (secondary N) is 1. The summed E-state index contributed by atoms with van der Waals surface area (Å²) in [5.41, 5.74) is 1.16. The molecule has 1 aliphatic heterocycles. The summed E-state index contributed by atoms with van der Waals surface area (Å²) in [6.07, 6.45) is 0. The number of anilines is 1. The highest BCUT2D eigenvalue weighted by molar-refractivity contribution is 9.10. The maximum absolute atomic E-state index is 13.0. The first kappa shape index (κ1) is 20.4. The molecule has 3 aromatic rings. The van der Waals surface area contributed by atoms with Crippen LogP contribution in [0.25, 0.3) is 10.2 Å². The zero-order valence-electron chi connectivity index (χ0n) is 15.6. The Kier molecular flexibility index (Phi) is 5.71. The molecule has 10 heteroatoms. The number of hydrogen-bond acceptors (Lipinski definition) is 6. The van der Waals surface area contributed by atoms with Crippen molar-refractivity contribution in [3.8, 4) is 0 Å². The van der Waals surface area contributed by atoms with Crippen molar-refractivity contribution in [2.45, 2.75) is 4.90 Å². The molecule has 7 nitrogen and oxygen atoms in total. The summed E-state index contributed by atoms with van der Waals surface area (Å²) >= 11 is 4.61. The van der Waals surface area contributed by atoms with Crippen LogP contribution >= 0.6 is 27.3 Å². The average molecular weight is 495 g/mol. The Balaban J connectivity index is 1.57. The van der Waals surface area contributed by atoms with Crippen LogP contribution < -0.4 is 5.32 Å². The Morgan fingerprint density at radius 2 is 1.90 bits per heavy atom. The van der Waals surface area contributed by atoms with Crippen LogP contribution in [0.2, 0.25) is 0 Å². The zero-order valence-corrected chi connectivity index (χ0v) is 18.8. The third-order valence-electron chi connectivity index (χ3n) is 4.77. The van der Waals surface area contributed by atoms with Crippen molar-refractivity contribution in [2.75, 3.05) is 38.5 Å². The molecule has 1 amide bonds. The number of rotatable bonds is 4. The number of hydrogen-bond donors (Lipinski definition) is 1. The molecule has 1 fully saturated rings. The summed E-state index contributed by atoms with van der Waals surface area (Å²) in [5, 5.41) is 3.21. The van der Waals surface area contributed by atoms with Gasteiger partial charge in [-0.1, -0.05) is 33.3 Å². The molecule has 1 N–H and O–H groups in total. The van der Waals surface area contributed by atoms with E-state index in [2.05, 4.69) is 31.1 Å². The van der Waals surface area contributed by atoms with Crippen molar-refractivity contribution in [2.24, 2.45) is 0 Å². The molecule has 0 atom stereocenters. The number of piperazine rings is 1. The molecule has 2 heterocycles. The Morgan fingerprint density at radius 3 is 2.62 bits per heavy atom. The van der Waals surface area contributed by atoms with Crippen molar-refractivity contribution in [3.63, 3.8) is 0 Å². The second-order valence-corrected chi connectivity index (χ2v) is 10.7. The molecule has 1 aliphatic rings. The van der Waals surface area contributed by atoms with E-state index in [1.807, 2.05) is 13.1 Å². The van der Waals surface area contributed by atoms with Gasteiger partial charge in [-0.2, -0.15) is 4.31 Å². The number of sulfonamides is 1. The number of carbonyl (C=O) groups is 1. The van der Waals surface area contributed by atoms with Gasteiger partial charge in [0.05, 0.1) is 15.1 Å². The lowest BCUT2D eigenvalue weighted by molar-refractivity contribution is 0.102. The summed E-state index contributed by atoms with van der Waals surface area (Å²) in [5.74, 6) is -0.268. The number of amides is 1. The van der Waals surface area contributed by atoms with Crippen LogP contribution in [0.15, 0.2) is 51.8 Å². The van der Waals surface area contributed by atoms with E-state index >= 15 is 0 Å². The fourth-order valence-electron chi connectivity index (χ4n) is 3.10. The molecule has 0 aliphatic carbocycles. The van der Waals surface area contributed by atoms with E-state index in [0.29, 0.717) is 47.1 Å². The van der Waals surface area contributed by atoms with Crippen LogP contribution in [0, 0.1) is 0 Å². The highest BCUT2D eigenvalue weighted by Crippen LogP contribution is 2.30. The smallest absolute Gasteiger partial charge is 0.257 e. The maximum Gasteiger partial charge on any atom is 0.257 e. The van der Waals surface area contributed by atoms with Gasteiger partial charge in [-0.15, -0.1) is 0 Å². The van der Waals surface area contributed by atoms with E-state index in [0.717, 1.165) is 4.47 Å². The molecule has 0 bridgehead atoms. The molecule has 0 spiro atoms. The van der Waals surface area contributed by atoms with Crippen molar-refractivity contribution in [1.29, 1.82) is 0 Å². The highest BCUT2D eigenvalue weighted by atomic mass is 79.9. The van der Waals surface area contributed by atoms with Crippen molar-refractivity contribution < 1.29 is 13.2 Å². The average Bonchev–Trinajstić information content (AvgIpc) is 3.09. The lowest BCUT2D eigenvalue weighted by atomic mass is 10.2. The van der Waals surface area contributed by atoms with Gasteiger partial charge in [0.15, 0.2) is 5.13 Å². The predicted molar refractivity (Wildman–Crippen MR) is 118 cm³/mol. The third-order valence-corrected chi connectivity index (χ3v) is 8.09. The molecule has 0 radical (unpaired) electrons. The van der Waals surface area contributed by atoms with Crippen LogP contribution in [0.5, 0.6) is 0 Å². The number of benzene rings is 2. The van der Waals surface area contributed by atoms with Gasteiger partial charge in [0.25, 0.3) is 5.91 Å². The molecular formula is C19H19BrN4O3S2. The Bertz CT molecular complexity index is 1170. The summed E-state index contributed by atoms with van der Waals surface area (Å²) in [6, 6.07) is 12.0. The number of fused-ring (bicyclic) bond motifs is 1. The normalized spacial score (nSPS) is 16.2. The van der Waals surface area contributed by atoms with E-state index in [1.165, 1.54) is 15.6 Å². The highest BCUT2D eigenvalue weighted by Gasteiger charge is 2.27. The number of carbonyl (C=O) groups excluding carboxylic acids is 1.